The lowest BCUT2D eigenvalue weighted by molar-refractivity contribution is 0.915. The SMILES string of the molecule is CNc1cc(Nc2cnc(C#N)cn2)nnc1C1CC1. The Bertz CT molecular complexity index is 655. The van der Waals surface area contributed by atoms with E-state index in [2.05, 4.69) is 30.8 Å². The zero-order valence-corrected chi connectivity index (χ0v) is 11.0. The van der Waals surface area contributed by atoms with Gasteiger partial charge in [0.1, 0.15) is 11.9 Å². The summed E-state index contributed by atoms with van der Waals surface area (Å²) in [4.78, 5) is 8.03. The predicted molar refractivity (Wildman–Crippen MR) is 73.6 cm³/mol. The number of anilines is 3. The molecule has 2 N–H and O–H groups in total. The molecule has 2 heterocycles. The maximum atomic E-state index is 8.67. The molecule has 100 valence electrons. The van der Waals surface area contributed by atoms with Crippen molar-refractivity contribution in [3.63, 3.8) is 0 Å². The summed E-state index contributed by atoms with van der Waals surface area (Å²) in [6, 6.07) is 3.83. The van der Waals surface area contributed by atoms with E-state index in [-0.39, 0.29) is 5.69 Å². The predicted octanol–water partition coefficient (Wildman–Crippen LogP) is 1.80. The minimum Gasteiger partial charge on any atom is -0.386 e. The monoisotopic (exact) mass is 267 g/mol. The van der Waals surface area contributed by atoms with Gasteiger partial charge in [-0.25, -0.2) is 9.97 Å². The second-order valence-electron chi connectivity index (χ2n) is 4.58. The van der Waals surface area contributed by atoms with Gasteiger partial charge in [0.05, 0.1) is 23.8 Å². The Morgan fingerprint density at radius 2 is 2.05 bits per heavy atom. The smallest absolute Gasteiger partial charge is 0.158 e. The van der Waals surface area contributed by atoms with Crippen LogP contribution in [-0.4, -0.2) is 27.2 Å². The lowest BCUT2D eigenvalue weighted by Crippen LogP contribution is -2.04. The highest BCUT2D eigenvalue weighted by Crippen LogP contribution is 2.42. The van der Waals surface area contributed by atoms with Crippen LogP contribution in [0, 0.1) is 11.3 Å². The first-order valence-corrected chi connectivity index (χ1v) is 6.34. The molecule has 2 aromatic rings. The van der Waals surface area contributed by atoms with Gasteiger partial charge in [-0.2, -0.15) is 10.4 Å². The van der Waals surface area contributed by atoms with Crippen molar-refractivity contribution in [3.05, 3.63) is 29.8 Å². The van der Waals surface area contributed by atoms with E-state index < -0.39 is 0 Å². The summed E-state index contributed by atoms with van der Waals surface area (Å²) in [7, 11) is 1.87. The Balaban J connectivity index is 1.81. The lowest BCUT2D eigenvalue weighted by Gasteiger charge is -2.09. The summed E-state index contributed by atoms with van der Waals surface area (Å²) in [6.45, 7) is 0. The van der Waals surface area contributed by atoms with E-state index in [1.807, 2.05) is 19.2 Å². The van der Waals surface area contributed by atoms with Gasteiger partial charge in [-0.15, -0.1) is 5.10 Å². The van der Waals surface area contributed by atoms with Gasteiger partial charge in [0.2, 0.25) is 0 Å². The second-order valence-corrected chi connectivity index (χ2v) is 4.58. The zero-order valence-electron chi connectivity index (χ0n) is 11.0. The fraction of sp³-hybridized carbons (Fsp3) is 0.308. The highest BCUT2D eigenvalue weighted by molar-refractivity contribution is 5.60. The van der Waals surface area contributed by atoms with Gasteiger partial charge in [-0.3, -0.25) is 0 Å². The quantitative estimate of drug-likeness (QED) is 0.871. The Hall–Kier alpha value is -2.75. The first-order valence-electron chi connectivity index (χ1n) is 6.34. The van der Waals surface area contributed by atoms with Crippen LogP contribution in [0.15, 0.2) is 18.5 Å². The van der Waals surface area contributed by atoms with E-state index in [0.29, 0.717) is 17.6 Å². The maximum absolute atomic E-state index is 8.67. The Morgan fingerprint density at radius 3 is 2.65 bits per heavy atom. The molecule has 0 aliphatic heterocycles. The lowest BCUT2D eigenvalue weighted by atomic mass is 10.2. The fourth-order valence-corrected chi connectivity index (χ4v) is 1.90. The number of hydrogen-bond acceptors (Lipinski definition) is 7. The van der Waals surface area contributed by atoms with Crippen molar-refractivity contribution in [2.24, 2.45) is 0 Å². The van der Waals surface area contributed by atoms with E-state index in [0.717, 1.165) is 11.4 Å². The number of nitriles is 1. The molecule has 7 heteroatoms. The van der Waals surface area contributed by atoms with Gasteiger partial charge in [0.25, 0.3) is 0 Å². The molecule has 0 atom stereocenters. The van der Waals surface area contributed by atoms with Crippen molar-refractivity contribution < 1.29 is 0 Å². The molecular formula is C13H13N7. The Kier molecular flexibility index (Phi) is 3.13. The summed E-state index contributed by atoms with van der Waals surface area (Å²) < 4.78 is 0. The molecule has 1 saturated carbocycles. The van der Waals surface area contributed by atoms with Crippen LogP contribution in [0.3, 0.4) is 0 Å². The normalized spacial score (nSPS) is 13.6. The van der Waals surface area contributed by atoms with E-state index in [1.54, 1.807) is 0 Å². The van der Waals surface area contributed by atoms with Gasteiger partial charge in [0.15, 0.2) is 11.5 Å². The molecule has 1 fully saturated rings. The van der Waals surface area contributed by atoms with E-state index in [1.165, 1.54) is 25.2 Å². The molecule has 0 unspecified atom stereocenters. The number of nitrogens with one attached hydrogen (secondary N) is 2. The molecule has 20 heavy (non-hydrogen) atoms. The fourth-order valence-electron chi connectivity index (χ4n) is 1.90. The summed E-state index contributed by atoms with van der Waals surface area (Å²) >= 11 is 0. The number of nitrogens with zero attached hydrogens (tertiary/aromatic N) is 5. The van der Waals surface area contributed by atoms with Crippen molar-refractivity contribution in [3.8, 4) is 6.07 Å². The largest absolute Gasteiger partial charge is 0.386 e. The molecule has 0 aromatic carbocycles. The van der Waals surface area contributed by atoms with Crippen molar-refractivity contribution >= 4 is 17.3 Å². The minimum atomic E-state index is 0.279. The van der Waals surface area contributed by atoms with Crippen LogP contribution in [0.1, 0.15) is 30.1 Å². The van der Waals surface area contributed by atoms with Gasteiger partial charge in [-0.1, -0.05) is 0 Å². The van der Waals surface area contributed by atoms with Gasteiger partial charge in [-0.05, 0) is 12.8 Å². The van der Waals surface area contributed by atoms with Gasteiger partial charge in [0, 0.05) is 19.0 Å². The number of hydrogen-bond donors (Lipinski definition) is 2. The maximum Gasteiger partial charge on any atom is 0.158 e. The van der Waals surface area contributed by atoms with Gasteiger partial charge >= 0.3 is 0 Å². The third-order valence-corrected chi connectivity index (χ3v) is 3.08. The third kappa shape index (κ3) is 2.49. The van der Waals surface area contributed by atoms with Crippen LogP contribution in [0.4, 0.5) is 17.3 Å². The second kappa shape index (κ2) is 5.09. The molecule has 0 bridgehead atoms. The van der Waals surface area contributed by atoms with Crippen molar-refractivity contribution in [1.82, 2.24) is 20.2 Å². The molecule has 1 aliphatic carbocycles. The van der Waals surface area contributed by atoms with Crippen molar-refractivity contribution in [2.45, 2.75) is 18.8 Å². The molecule has 0 amide bonds. The minimum absolute atomic E-state index is 0.279. The molecule has 2 aromatic heterocycles. The van der Waals surface area contributed by atoms with Crippen molar-refractivity contribution in [1.29, 1.82) is 5.26 Å². The number of aromatic nitrogens is 4. The van der Waals surface area contributed by atoms with Gasteiger partial charge < -0.3 is 10.6 Å². The average molecular weight is 267 g/mol. The molecule has 0 radical (unpaired) electrons. The summed E-state index contributed by atoms with van der Waals surface area (Å²) in [5.74, 6) is 1.66. The Morgan fingerprint density at radius 1 is 1.20 bits per heavy atom. The first kappa shape index (κ1) is 12.3. The van der Waals surface area contributed by atoms with Crippen LogP contribution in [-0.2, 0) is 0 Å². The number of rotatable bonds is 4. The van der Waals surface area contributed by atoms with Crippen LogP contribution in [0.25, 0.3) is 0 Å². The van der Waals surface area contributed by atoms with E-state index in [4.69, 9.17) is 5.26 Å². The molecular weight excluding hydrogens is 254 g/mol. The molecule has 7 nitrogen and oxygen atoms in total. The Labute approximate surface area is 116 Å². The average Bonchev–Trinajstić information content (AvgIpc) is 3.32. The third-order valence-electron chi connectivity index (χ3n) is 3.08. The molecule has 0 spiro atoms. The summed E-state index contributed by atoms with van der Waals surface area (Å²) in [5, 5.41) is 23.2. The van der Waals surface area contributed by atoms with E-state index >= 15 is 0 Å². The standard InChI is InChI=1S/C13H13N7/c1-15-10-4-11(19-20-13(10)8-2-3-8)18-12-7-16-9(5-14)6-17-12/h4,6-8H,2-3H2,1H3,(H2,15,17,18,19). The highest BCUT2D eigenvalue weighted by Gasteiger charge is 2.28. The molecule has 0 saturated heterocycles. The van der Waals surface area contributed by atoms with E-state index in [9.17, 15) is 0 Å². The van der Waals surface area contributed by atoms with Crippen molar-refractivity contribution in [2.75, 3.05) is 17.7 Å². The van der Waals surface area contributed by atoms with Crippen LogP contribution >= 0.6 is 0 Å². The first-order chi connectivity index (χ1) is 9.80. The summed E-state index contributed by atoms with van der Waals surface area (Å²) in [5.41, 5.74) is 2.28. The topological polar surface area (TPSA) is 99.4 Å². The van der Waals surface area contributed by atoms with Crippen LogP contribution in [0.2, 0.25) is 0 Å². The van der Waals surface area contributed by atoms with Crippen LogP contribution < -0.4 is 10.6 Å². The molecule has 1 aliphatic rings. The zero-order chi connectivity index (χ0) is 13.9. The van der Waals surface area contributed by atoms with Crippen LogP contribution in [0.5, 0.6) is 0 Å². The summed E-state index contributed by atoms with van der Waals surface area (Å²) in [6.07, 6.45) is 5.26. The molecule has 3 rings (SSSR count). The highest BCUT2D eigenvalue weighted by atomic mass is 15.2.